The Bertz CT molecular complexity index is 688. The van der Waals surface area contributed by atoms with E-state index < -0.39 is 0 Å². The monoisotopic (exact) mass is 280 g/mol. The number of amidine groups is 1. The maximum Gasteiger partial charge on any atom is 0.245 e. The van der Waals surface area contributed by atoms with E-state index in [4.69, 9.17) is 4.42 Å². The minimum atomic E-state index is 0.217. The van der Waals surface area contributed by atoms with E-state index in [0.717, 1.165) is 42.2 Å². The van der Waals surface area contributed by atoms with Crippen LogP contribution in [0.5, 0.6) is 0 Å². The molecule has 1 aliphatic carbocycles. The van der Waals surface area contributed by atoms with E-state index in [0.29, 0.717) is 5.89 Å². The van der Waals surface area contributed by atoms with Crippen molar-refractivity contribution in [1.29, 1.82) is 0 Å². The van der Waals surface area contributed by atoms with Gasteiger partial charge in [0.2, 0.25) is 5.89 Å². The highest BCUT2D eigenvalue weighted by atomic mass is 16.4. The second-order valence-corrected chi connectivity index (χ2v) is 4.87. The van der Waals surface area contributed by atoms with Gasteiger partial charge in [0.1, 0.15) is 17.3 Å². The average Bonchev–Trinajstić information content (AvgIpc) is 2.96. The number of nitrogens with zero attached hydrogens (tertiary/aromatic N) is 4. The molecule has 1 aliphatic rings. The fourth-order valence-electron chi connectivity index (χ4n) is 2.57. The smallest absolute Gasteiger partial charge is 0.245 e. The SMILES string of the molecule is C=CN=C(N=C)C1CCc2oc(-c3ccccn3)nc2C1. The minimum absolute atomic E-state index is 0.217. The molecule has 0 amide bonds. The van der Waals surface area contributed by atoms with E-state index in [1.807, 2.05) is 18.2 Å². The average molecular weight is 280 g/mol. The van der Waals surface area contributed by atoms with Gasteiger partial charge in [0, 0.05) is 31.2 Å². The summed E-state index contributed by atoms with van der Waals surface area (Å²) in [7, 11) is 0. The van der Waals surface area contributed by atoms with Gasteiger partial charge in [0.25, 0.3) is 0 Å². The molecular formula is C16H16N4O. The van der Waals surface area contributed by atoms with Crippen LogP contribution in [-0.2, 0) is 12.8 Å². The summed E-state index contributed by atoms with van der Waals surface area (Å²) in [5.41, 5.74) is 1.72. The number of oxazole rings is 1. The Kier molecular flexibility index (Phi) is 3.73. The zero-order valence-corrected chi connectivity index (χ0v) is 11.7. The van der Waals surface area contributed by atoms with Crippen LogP contribution in [0, 0.1) is 5.92 Å². The molecule has 0 N–H and O–H groups in total. The topological polar surface area (TPSA) is 63.6 Å². The zero-order chi connectivity index (χ0) is 14.7. The molecule has 0 saturated heterocycles. The number of hydrogen-bond acceptors (Lipinski definition) is 4. The van der Waals surface area contributed by atoms with Crippen molar-refractivity contribution in [1.82, 2.24) is 9.97 Å². The maximum atomic E-state index is 5.83. The standard InChI is InChI=1S/C16H16N4O/c1-3-18-15(17-2)11-7-8-14-13(10-11)20-16(21-14)12-6-4-5-9-19-12/h3-6,9,11H,1-2,7-8,10H2. The van der Waals surface area contributed by atoms with Crippen molar-refractivity contribution in [2.75, 3.05) is 0 Å². The van der Waals surface area contributed by atoms with Crippen molar-refractivity contribution in [3.8, 4) is 11.6 Å². The molecule has 0 aromatic carbocycles. The van der Waals surface area contributed by atoms with Gasteiger partial charge in [0.05, 0.1) is 5.69 Å². The molecule has 0 aliphatic heterocycles. The lowest BCUT2D eigenvalue weighted by Gasteiger charge is -2.19. The van der Waals surface area contributed by atoms with Crippen LogP contribution in [0.3, 0.4) is 0 Å². The molecule has 21 heavy (non-hydrogen) atoms. The molecule has 2 aromatic heterocycles. The van der Waals surface area contributed by atoms with Gasteiger partial charge in [-0.15, -0.1) is 0 Å². The van der Waals surface area contributed by atoms with Crippen molar-refractivity contribution in [3.05, 3.63) is 48.6 Å². The van der Waals surface area contributed by atoms with Crippen molar-refractivity contribution in [2.45, 2.75) is 19.3 Å². The van der Waals surface area contributed by atoms with Gasteiger partial charge in [-0.25, -0.2) is 15.0 Å². The molecule has 1 unspecified atom stereocenters. The van der Waals surface area contributed by atoms with Gasteiger partial charge in [-0.2, -0.15) is 0 Å². The number of aromatic nitrogens is 2. The van der Waals surface area contributed by atoms with Crippen LogP contribution in [0.25, 0.3) is 11.6 Å². The summed E-state index contributed by atoms with van der Waals surface area (Å²) in [6, 6.07) is 5.69. The van der Waals surface area contributed by atoms with Gasteiger partial charge in [-0.05, 0) is 25.3 Å². The first-order valence-electron chi connectivity index (χ1n) is 6.87. The van der Waals surface area contributed by atoms with Crippen LogP contribution in [0.1, 0.15) is 17.9 Å². The summed E-state index contributed by atoms with van der Waals surface area (Å²) in [4.78, 5) is 17.0. The van der Waals surface area contributed by atoms with E-state index in [2.05, 4.69) is 33.2 Å². The minimum Gasteiger partial charge on any atom is -0.440 e. The molecule has 2 aromatic rings. The first-order chi connectivity index (χ1) is 10.3. The molecule has 106 valence electrons. The van der Waals surface area contributed by atoms with Crippen LogP contribution in [-0.4, -0.2) is 22.5 Å². The predicted molar refractivity (Wildman–Crippen MR) is 82.4 cm³/mol. The van der Waals surface area contributed by atoms with E-state index in [9.17, 15) is 0 Å². The maximum absolute atomic E-state index is 5.83. The van der Waals surface area contributed by atoms with Crippen LogP contribution < -0.4 is 0 Å². The van der Waals surface area contributed by atoms with Gasteiger partial charge in [0.15, 0.2) is 0 Å². The summed E-state index contributed by atoms with van der Waals surface area (Å²) in [6.45, 7) is 7.19. The fourth-order valence-corrected chi connectivity index (χ4v) is 2.57. The summed E-state index contributed by atoms with van der Waals surface area (Å²) >= 11 is 0. The summed E-state index contributed by atoms with van der Waals surface area (Å²) in [6.07, 6.45) is 5.75. The summed E-state index contributed by atoms with van der Waals surface area (Å²) in [5.74, 6) is 2.46. The van der Waals surface area contributed by atoms with E-state index in [1.165, 1.54) is 6.20 Å². The molecule has 5 nitrogen and oxygen atoms in total. The summed E-state index contributed by atoms with van der Waals surface area (Å²) in [5, 5.41) is 0. The Morgan fingerprint density at radius 3 is 3.05 bits per heavy atom. The Labute approximate surface area is 123 Å². The number of fused-ring (bicyclic) bond motifs is 1. The van der Waals surface area contributed by atoms with E-state index in [-0.39, 0.29) is 5.92 Å². The molecule has 0 bridgehead atoms. The second kappa shape index (κ2) is 5.83. The molecule has 2 heterocycles. The third-order valence-electron chi connectivity index (χ3n) is 3.57. The predicted octanol–water partition coefficient (Wildman–Crippen LogP) is 3.08. The van der Waals surface area contributed by atoms with Crippen LogP contribution in [0.2, 0.25) is 0 Å². The highest BCUT2D eigenvalue weighted by Gasteiger charge is 2.27. The number of pyridine rings is 1. The van der Waals surface area contributed by atoms with Crippen molar-refractivity contribution >= 4 is 12.6 Å². The van der Waals surface area contributed by atoms with Crippen molar-refractivity contribution in [2.24, 2.45) is 15.9 Å². The first-order valence-corrected chi connectivity index (χ1v) is 6.87. The first kappa shape index (κ1) is 13.4. The quantitative estimate of drug-likeness (QED) is 0.641. The number of hydrogen-bond donors (Lipinski definition) is 0. The lowest BCUT2D eigenvalue weighted by Crippen LogP contribution is -2.21. The zero-order valence-electron chi connectivity index (χ0n) is 11.7. The lowest BCUT2D eigenvalue weighted by atomic mass is 9.89. The molecule has 5 heteroatoms. The fraction of sp³-hybridized carbons (Fsp3) is 0.250. The van der Waals surface area contributed by atoms with Crippen LogP contribution in [0.4, 0.5) is 0 Å². The Morgan fingerprint density at radius 1 is 1.43 bits per heavy atom. The van der Waals surface area contributed by atoms with E-state index in [1.54, 1.807) is 6.20 Å². The lowest BCUT2D eigenvalue weighted by molar-refractivity contribution is 0.461. The Hall–Kier alpha value is -2.56. The van der Waals surface area contributed by atoms with E-state index >= 15 is 0 Å². The second-order valence-electron chi connectivity index (χ2n) is 4.87. The Balaban J connectivity index is 1.87. The van der Waals surface area contributed by atoms with Crippen LogP contribution in [0.15, 0.2) is 51.6 Å². The number of aryl methyl sites for hydroxylation is 1. The largest absolute Gasteiger partial charge is 0.440 e. The summed E-state index contributed by atoms with van der Waals surface area (Å²) < 4.78 is 5.83. The molecule has 0 radical (unpaired) electrons. The van der Waals surface area contributed by atoms with Crippen LogP contribution >= 0.6 is 0 Å². The van der Waals surface area contributed by atoms with Gasteiger partial charge < -0.3 is 4.42 Å². The number of aliphatic imine (C=N–C) groups is 2. The molecule has 0 saturated carbocycles. The van der Waals surface area contributed by atoms with Gasteiger partial charge in [-0.3, -0.25) is 4.98 Å². The normalized spacial score (nSPS) is 18.1. The Morgan fingerprint density at radius 2 is 2.33 bits per heavy atom. The molecular weight excluding hydrogens is 264 g/mol. The van der Waals surface area contributed by atoms with Gasteiger partial charge >= 0.3 is 0 Å². The third kappa shape index (κ3) is 2.67. The molecule has 1 atom stereocenters. The highest BCUT2D eigenvalue weighted by molar-refractivity contribution is 5.89. The van der Waals surface area contributed by atoms with Gasteiger partial charge in [-0.1, -0.05) is 12.6 Å². The highest BCUT2D eigenvalue weighted by Crippen LogP contribution is 2.30. The third-order valence-corrected chi connectivity index (χ3v) is 3.57. The van der Waals surface area contributed by atoms with Crippen molar-refractivity contribution < 1.29 is 4.42 Å². The molecule has 3 rings (SSSR count). The number of rotatable bonds is 3. The molecule has 0 spiro atoms. The molecule has 0 fully saturated rings. The van der Waals surface area contributed by atoms with Crippen molar-refractivity contribution in [3.63, 3.8) is 0 Å².